The molecule has 7 nitrogen and oxygen atoms in total. The van der Waals surface area contributed by atoms with Crippen LogP contribution >= 0.6 is 0 Å². The first kappa shape index (κ1) is 16.5. The second-order valence-electron chi connectivity index (χ2n) is 4.89. The maximum absolute atomic E-state index is 13.7. The van der Waals surface area contributed by atoms with E-state index in [0.717, 1.165) is 12.1 Å². The number of benzene rings is 1. The Morgan fingerprint density at radius 3 is 2.43 bits per heavy atom. The maximum atomic E-state index is 13.7. The van der Waals surface area contributed by atoms with E-state index in [2.05, 4.69) is 15.5 Å². The zero-order valence-electron chi connectivity index (χ0n) is 12.3. The van der Waals surface area contributed by atoms with Crippen molar-refractivity contribution in [3.05, 3.63) is 47.0 Å². The van der Waals surface area contributed by atoms with Crippen LogP contribution in [0.15, 0.2) is 18.2 Å². The molecule has 2 aromatic rings. The number of carbonyl (C=O) groups is 2. The lowest BCUT2D eigenvalue weighted by atomic mass is 10.1. The predicted molar refractivity (Wildman–Crippen MR) is 76.1 cm³/mol. The van der Waals surface area contributed by atoms with Gasteiger partial charge in [0.05, 0.1) is 13.0 Å². The van der Waals surface area contributed by atoms with Gasteiger partial charge in [-0.3, -0.25) is 9.59 Å². The highest BCUT2D eigenvalue weighted by Gasteiger charge is 2.16. The molecular weight excluding hydrogens is 308 g/mol. The molecule has 1 aromatic heterocycles. The zero-order valence-corrected chi connectivity index (χ0v) is 12.3. The summed E-state index contributed by atoms with van der Waals surface area (Å²) in [5, 5.41) is 10.00. The predicted octanol–water partition coefficient (Wildman–Crippen LogP) is -0.172. The molecule has 2 amide bonds. The molecule has 122 valence electrons. The fraction of sp³-hybridized carbons (Fsp3) is 0.286. The van der Waals surface area contributed by atoms with Gasteiger partial charge in [-0.2, -0.15) is 0 Å². The van der Waals surface area contributed by atoms with Crippen molar-refractivity contribution in [1.29, 1.82) is 0 Å². The van der Waals surface area contributed by atoms with Crippen molar-refractivity contribution in [2.75, 3.05) is 6.54 Å². The van der Waals surface area contributed by atoms with Crippen LogP contribution in [0.1, 0.15) is 17.2 Å². The Labute approximate surface area is 130 Å². The highest BCUT2D eigenvalue weighted by Crippen LogP contribution is 2.16. The molecule has 23 heavy (non-hydrogen) atoms. The van der Waals surface area contributed by atoms with Gasteiger partial charge in [0, 0.05) is 19.0 Å². The van der Waals surface area contributed by atoms with E-state index >= 15 is 0 Å². The minimum atomic E-state index is -0.672. The van der Waals surface area contributed by atoms with E-state index in [4.69, 9.17) is 5.73 Å². The summed E-state index contributed by atoms with van der Waals surface area (Å²) in [6, 6.07) is 3.60. The number of hydrogen-bond donors (Lipinski definition) is 2. The Hall–Kier alpha value is -2.84. The number of primary amides is 1. The van der Waals surface area contributed by atoms with Crippen LogP contribution in [-0.4, -0.2) is 33.1 Å². The van der Waals surface area contributed by atoms with E-state index in [9.17, 15) is 18.4 Å². The molecule has 0 fully saturated rings. The number of amides is 2. The van der Waals surface area contributed by atoms with Crippen LogP contribution in [0.25, 0.3) is 0 Å². The highest BCUT2D eigenvalue weighted by atomic mass is 19.1. The molecule has 3 N–H and O–H groups in total. The molecule has 0 aliphatic carbocycles. The molecule has 0 radical (unpaired) electrons. The summed E-state index contributed by atoms with van der Waals surface area (Å²) in [5.74, 6) is -1.84. The normalized spacial score (nSPS) is 10.6. The highest BCUT2D eigenvalue weighted by molar-refractivity contribution is 5.84. The van der Waals surface area contributed by atoms with Gasteiger partial charge < -0.3 is 15.6 Å². The average molecular weight is 323 g/mol. The summed E-state index contributed by atoms with van der Waals surface area (Å²) in [6.07, 6.45) is -0.221. The lowest BCUT2D eigenvalue weighted by Gasteiger charge is -2.06. The Balaban J connectivity index is 2.10. The number of aromatic nitrogens is 3. The van der Waals surface area contributed by atoms with E-state index < -0.39 is 23.4 Å². The Kier molecular flexibility index (Phi) is 4.99. The Morgan fingerprint density at radius 1 is 1.22 bits per heavy atom. The third-order valence-corrected chi connectivity index (χ3v) is 3.23. The van der Waals surface area contributed by atoms with E-state index in [0.29, 0.717) is 11.6 Å². The molecular formula is C14H15F2N5O2. The second-order valence-corrected chi connectivity index (χ2v) is 4.89. The third kappa shape index (κ3) is 4.09. The minimum Gasteiger partial charge on any atom is -0.368 e. The van der Waals surface area contributed by atoms with Crippen molar-refractivity contribution in [3.8, 4) is 0 Å². The molecule has 2 rings (SSSR count). The van der Waals surface area contributed by atoms with Gasteiger partial charge in [0.25, 0.3) is 0 Å². The van der Waals surface area contributed by atoms with Crippen molar-refractivity contribution >= 4 is 11.8 Å². The molecule has 0 atom stereocenters. The molecule has 0 unspecified atom stereocenters. The monoisotopic (exact) mass is 323 g/mol. The molecule has 0 bridgehead atoms. The average Bonchev–Trinajstić information content (AvgIpc) is 2.82. The summed E-state index contributed by atoms with van der Waals surface area (Å²) < 4.78 is 28.8. The number of hydrogen-bond acceptors (Lipinski definition) is 4. The van der Waals surface area contributed by atoms with Gasteiger partial charge in [-0.15, -0.1) is 10.2 Å². The van der Waals surface area contributed by atoms with Crippen LogP contribution in [0, 0.1) is 11.6 Å². The molecule has 0 aliphatic heterocycles. The summed E-state index contributed by atoms with van der Waals surface area (Å²) in [4.78, 5) is 22.2. The van der Waals surface area contributed by atoms with Gasteiger partial charge >= 0.3 is 0 Å². The minimum absolute atomic E-state index is 0.0923. The van der Waals surface area contributed by atoms with Crippen LogP contribution in [0.3, 0.4) is 0 Å². The van der Waals surface area contributed by atoms with Crippen molar-refractivity contribution in [1.82, 2.24) is 20.1 Å². The fourth-order valence-corrected chi connectivity index (χ4v) is 1.96. The molecule has 0 aliphatic rings. The lowest BCUT2D eigenvalue weighted by molar-refractivity contribution is -0.124. The van der Waals surface area contributed by atoms with E-state index in [1.807, 2.05) is 0 Å². The number of halogens is 2. The first-order valence-electron chi connectivity index (χ1n) is 6.73. The number of rotatable bonds is 6. The molecule has 0 saturated heterocycles. The van der Waals surface area contributed by atoms with Gasteiger partial charge in [-0.25, -0.2) is 8.78 Å². The van der Waals surface area contributed by atoms with Crippen LogP contribution in [0.5, 0.6) is 0 Å². The van der Waals surface area contributed by atoms with Crippen LogP contribution in [0.2, 0.25) is 0 Å². The third-order valence-electron chi connectivity index (χ3n) is 3.23. The van der Waals surface area contributed by atoms with Crippen LogP contribution in [0.4, 0.5) is 8.78 Å². The van der Waals surface area contributed by atoms with Crippen LogP contribution in [-0.2, 0) is 29.5 Å². The van der Waals surface area contributed by atoms with E-state index in [1.165, 1.54) is 10.6 Å². The number of nitrogens with zero attached hydrogens (tertiary/aromatic N) is 3. The molecule has 1 aromatic carbocycles. The Bertz CT molecular complexity index is 725. The smallest absolute Gasteiger partial charge is 0.236 e. The number of carbonyl (C=O) groups excluding carboxylic acids is 2. The summed E-state index contributed by atoms with van der Waals surface area (Å²) in [6.45, 7) is -0.274. The van der Waals surface area contributed by atoms with Gasteiger partial charge in [0.15, 0.2) is 0 Å². The zero-order chi connectivity index (χ0) is 17.0. The SMILES string of the molecule is Cn1c(CC(=O)NCC(N)=O)nnc1Cc1c(F)cccc1F. The van der Waals surface area contributed by atoms with Gasteiger partial charge in [-0.05, 0) is 12.1 Å². The Morgan fingerprint density at radius 2 is 1.83 bits per heavy atom. The summed E-state index contributed by atoms with van der Waals surface area (Å²) in [5.41, 5.74) is 4.81. The summed E-state index contributed by atoms with van der Waals surface area (Å²) >= 11 is 0. The van der Waals surface area contributed by atoms with Crippen LogP contribution < -0.4 is 11.1 Å². The first-order chi connectivity index (χ1) is 10.9. The quantitative estimate of drug-likeness (QED) is 0.770. The molecule has 0 saturated carbocycles. The standard InChI is InChI=1S/C14H15F2N5O2/c1-21-12(5-8-9(15)3-2-4-10(8)16)19-20-13(21)6-14(23)18-7-11(17)22/h2-4H,5-7H2,1H3,(H2,17,22)(H,18,23). The topological polar surface area (TPSA) is 103 Å². The maximum Gasteiger partial charge on any atom is 0.236 e. The van der Waals surface area contributed by atoms with Crippen molar-refractivity contribution in [3.63, 3.8) is 0 Å². The van der Waals surface area contributed by atoms with Gasteiger partial charge in [-0.1, -0.05) is 6.07 Å². The van der Waals surface area contributed by atoms with Crippen molar-refractivity contribution in [2.45, 2.75) is 12.8 Å². The summed E-state index contributed by atoms with van der Waals surface area (Å²) in [7, 11) is 1.59. The number of nitrogens with two attached hydrogens (primary N) is 1. The molecule has 9 heteroatoms. The van der Waals surface area contributed by atoms with Gasteiger partial charge in [0.2, 0.25) is 11.8 Å². The lowest BCUT2D eigenvalue weighted by Crippen LogP contribution is -2.34. The molecule has 1 heterocycles. The second kappa shape index (κ2) is 6.95. The fourth-order valence-electron chi connectivity index (χ4n) is 1.96. The molecule has 0 spiro atoms. The van der Waals surface area contributed by atoms with E-state index in [1.54, 1.807) is 7.05 Å². The van der Waals surface area contributed by atoms with Crippen molar-refractivity contribution < 1.29 is 18.4 Å². The first-order valence-corrected chi connectivity index (χ1v) is 6.73. The largest absolute Gasteiger partial charge is 0.368 e. The van der Waals surface area contributed by atoms with Gasteiger partial charge in [0.1, 0.15) is 23.3 Å². The number of nitrogens with one attached hydrogen (secondary N) is 1. The van der Waals surface area contributed by atoms with E-state index in [-0.39, 0.29) is 24.9 Å². The van der Waals surface area contributed by atoms with Crippen molar-refractivity contribution in [2.24, 2.45) is 12.8 Å².